The Labute approximate surface area is 142 Å². The van der Waals surface area contributed by atoms with Crippen molar-refractivity contribution in [2.24, 2.45) is 5.92 Å². The quantitative estimate of drug-likeness (QED) is 0.907. The van der Waals surface area contributed by atoms with Crippen LogP contribution in [0.5, 0.6) is 0 Å². The zero-order valence-corrected chi connectivity index (χ0v) is 14.1. The number of urea groups is 1. The minimum absolute atomic E-state index is 0.103. The third kappa shape index (κ3) is 3.85. The number of hydrogen-bond donors (Lipinski definition) is 2. The Hall–Kier alpha value is -2.14. The number of nitrogens with one attached hydrogen (secondary N) is 1. The van der Waals surface area contributed by atoms with E-state index in [9.17, 15) is 9.90 Å². The van der Waals surface area contributed by atoms with E-state index in [0.29, 0.717) is 13.1 Å². The SMILES string of the molecule is CN(CC1CCCCC1O)C(=O)NCc1ccnc2ccccc12. The number of aliphatic hydroxyl groups is 1. The Morgan fingerprint density at radius 2 is 2.08 bits per heavy atom. The van der Waals surface area contributed by atoms with Gasteiger partial charge >= 0.3 is 6.03 Å². The number of aliphatic hydroxyl groups excluding tert-OH is 1. The fraction of sp³-hybridized carbons (Fsp3) is 0.474. The lowest BCUT2D eigenvalue weighted by atomic mass is 9.86. The van der Waals surface area contributed by atoms with Crippen molar-refractivity contribution in [1.82, 2.24) is 15.2 Å². The van der Waals surface area contributed by atoms with Crippen molar-refractivity contribution in [2.45, 2.75) is 38.3 Å². The molecule has 2 unspecified atom stereocenters. The van der Waals surface area contributed by atoms with E-state index in [4.69, 9.17) is 0 Å². The summed E-state index contributed by atoms with van der Waals surface area (Å²) in [6.45, 7) is 1.07. The summed E-state index contributed by atoms with van der Waals surface area (Å²) in [5, 5.41) is 14.1. The molecule has 0 aliphatic heterocycles. The standard InChI is InChI=1S/C19H25N3O2/c1-22(13-15-6-2-5-9-18(15)23)19(24)21-12-14-10-11-20-17-8-4-3-7-16(14)17/h3-4,7-8,10-11,15,18,23H,2,5-6,9,12-13H2,1H3,(H,21,24). The second kappa shape index (κ2) is 7.62. The Bertz CT molecular complexity index is 699. The second-order valence-electron chi connectivity index (χ2n) is 6.64. The fourth-order valence-corrected chi connectivity index (χ4v) is 3.45. The maximum Gasteiger partial charge on any atom is 0.317 e. The van der Waals surface area contributed by atoms with Crippen LogP contribution in [0.4, 0.5) is 4.79 Å². The molecule has 0 saturated heterocycles. The van der Waals surface area contributed by atoms with Crippen LogP contribution in [0.3, 0.4) is 0 Å². The van der Waals surface area contributed by atoms with Crippen LogP contribution in [0.25, 0.3) is 10.9 Å². The molecule has 128 valence electrons. The molecule has 5 heteroatoms. The van der Waals surface area contributed by atoms with Crippen LogP contribution in [-0.4, -0.2) is 40.7 Å². The van der Waals surface area contributed by atoms with Gasteiger partial charge in [0.25, 0.3) is 0 Å². The Kier molecular flexibility index (Phi) is 5.30. The minimum atomic E-state index is -0.279. The van der Waals surface area contributed by atoms with Crippen molar-refractivity contribution in [3.05, 3.63) is 42.1 Å². The number of benzene rings is 1. The Balaban J connectivity index is 1.58. The van der Waals surface area contributed by atoms with Gasteiger partial charge in [-0.1, -0.05) is 31.0 Å². The van der Waals surface area contributed by atoms with Crippen LogP contribution in [0, 0.1) is 5.92 Å². The number of amides is 2. The number of fused-ring (bicyclic) bond motifs is 1. The highest BCUT2D eigenvalue weighted by Crippen LogP contribution is 2.25. The van der Waals surface area contributed by atoms with Crippen molar-refractivity contribution in [2.75, 3.05) is 13.6 Å². The van der Waals surface area contributed by atoms with E-state index >= 15 is 0 Å². The van der Waals surface area contributed by atoms with E-state index < -0.39 is 0 Å². The van der Waals surface area contributed by atoms with Gasteiger partial charge in [0.1, 0.15) is 0 Å². The molecule has 1 aromatic heterocycles. The smallest absolute Gasteiger partial charge is 0.317 e. The number of pyridine rings is 1. The molecule has 0 bridgehead atoms. The first-order valence-electron chi connectivity index (χ1n) is 8.65. The number of carbonyl (C=O) groups is 1. The Morgan fingerprint density at radius 3 is 2.92 bits per heavy atom. The van der Waals surface area contributed by atoms with Gasteiger partial charge in [0.2, 0.25) is 0 Å². The number of rotatable bonds is 4. The van der Waals surface area contributed by atoms with Crippen molar-refractivity contribution < 1.29 is 9.90 Å². The maximum atomic E-state index is 12.4. The molecular formula is C19H25N3O2. The zero-order valence-electron chi connectivity index (χ0n) is 14.1. The monoisotopic (exact) mass is 327 g/mol. The van der Waals surface area contributed by atoms with E-state index in [-0.39, 0.29) is 18.1 Å². The third-order valence-corrected chi connectivity index (χ3v) is 4.89. The predicted octanol–water partition coefficient (Wildman–Crippen LogP) is 2.93. The van der Waals surface area contributed by atoms with Gasteiger partial charge in [-0.3, -0.25) is 4.98 Å². The normalized spacial score (nSPS) is 20.8. The van der Waals surface area contributed by atoms with Crippen LogP contribution < -0.4 is 5.32 Å². The molecule has 2 atom stereocenters. The van der Waals surface area contributed by atoms with Gasteiger partial charge in [-0.25, -0.2) is 4.79 Å². The lowest BCUT2D eigenvalue weighted by Crippen LogP contribution is -2.42. The Morgan fingerprint density at radius 1 is 1.29 bits per heavy atom. The van der Waals surface area contributed by atoms with Crippen LogP contribution in [0.2, 0.25) is 0 Å². The van der Waals surface area contributed by atoms with Gasteiger partial charge < -0.3 is 15.3 Å². The molecule has 3 rings (SSSR count). The number of hydrogen-bond acceptors (Lipinski definition) is 3. The van der Waals surface area contributed by atoms with Gasteiger partial charge in [-0.05, 0) is 30.5 Å². The molecule has 1 aliphatic carbocycles. The second-order valence-corrected chi connectivity index (χ2v) is 6.64. The van der Waals surface area contributed by atoms with Crippen LogP contribution in [0.15, 0.2) is 36.5 Å². The molecule has 1 saturated carbocycles. The molecule has 2 aromatic rings. The highest BCUT2D eigenvalue weighted by atomic mass is 16.3. The largest absolute Gasteiger partial charge is 0.393 e. The molecule has 2 N–H and O–H groups in total. The topological polar surface area (TPSA) is 65.5 Å². The molecule has 0 radical (unpaired) electrons. The summed E-state index contributed by atoms with van der Waals surface area (Å²) in [4.78, 5) is 18.4. The molecule has 2 amide bonds. The maximum absolute atomic E-state index is 12.4. The third-order valence-electron chi connectivity index (χ3n) is 4.89. The molecule has 24 heavy (non-hydrogen) atoms. The van der Waals surface area contributed by atoms with Crippen molar-refractivity contribution in [1.29, 1.82) is 0 Å². The van der Waals surface area contributed by atoms with Crippen LogP contribution in [-0.2, 0) is 6.54 Å². The first-order chi connectivity index (χ1) is 11.6. The summed E-state index contributed by atoms with van der Waals surface area (Å²) < 4.78 is 0. The summed E-state index contributed by atoms with van der Waals surface area (Å²) in [7, 11) is 1.79. The van der Waals surface area contributed by atoms with Gasteiger partial charge in [0.15, 0.2) is 0 Å². The van der Waals surface area contributed by atoms with E-state index in [2.05, 4.69) is 10.3 Å². The average molecular weight is 327 g/mol. The number of nitrogens with zero attached hydrogens (tertiary/aromatic N) is 2. The molecule has 1 fully saturated rings. The molecule has 0 spiro atoms. The average Bonchev–Trinajstić information content (AvgIpc) is 2.61. The molecular weight excluding hydrogens is 302 g/mol. The molecule has 1 heterocycles. The van der Waals surface area contributed by atoms with Crippen LogP contribution in [0.1, 0.15) is 31.2 Å². The zero-order chi connectivity index (χ0) is 16.9. The molecule has 5 nitrogen and oxygen atoms in total. The summed E-state index contributed by atoms with van der Waals surface area (Å²) >= 11 is 0. The summed E-state index contributed by atoms with van der Waals surface area (Å²) in [6.07, 6.45) is 5.56. The van der Waals surface area contributed by atoms with E-state index in [1.54, 1.807) is 18.1 Å². The highest BCUT2D eigenvalue weighted by molar-refractivity contribution is 5.82. The van der Waals surface area contributed by atoms with Gasteiger partial charge in [0.05, 0.1) is 11.6 Å². The van der Waals surface area contributed by atoms with Gasteiger partial charge in [-0.15, -0.1) is 0 Å². The number of carbonyl (C=O) groups excluding carboxylic acids is 1. The fourth-order valence-electron chi connectivity index (χ4n) is 3.45. The van der Waals surface area contributed by atoms with Gasteiger partial charge in [-0.2, -0.15) is 0 Å². The number of para-hydroxylation sites is 1. The highest BCUT2D eigenvalue weighted by Gasteiger charge is 2.25. The van der Waals surface area contributed by atoms with Crippen LogP contribution >= 0.6 is 0 Å². The van der Waals surface area contributed by atoms with Crippen molar-refractivity contribution >= 4 is 16.9 Å². The lowest BCUT2D eigenvalue weighted by Gasteiger charge is -2.31. The summed E-state index contributed by atoms with van der Waals surface area (Å²) in [6, 6.07) is 9.76. The minimum Gasteiger partial charge on any atom is -0.393 e. The summed E-state index contributed by atoms with van der Waals surface area (Å²) in [5.74, 6) is 0.191. The van der Waals surface area contributed by atoms with E-state index in [1.165, 1.54) is 0 Å². The predicted molar refractivity (Wildman–Crippen MR) is 94.6 cm³/mol. The first kappa shape index (κ1) is 16.7. The van der Waals surface area contributed by atoms with Gasteiger partial charge in [0, 0.05) is 37.6 Å². The van der Waals surface area contributed by atoms with Crippen molar-refractivity contribution in [3.63, 3.8) is 0 Å². The number of aromatic nitrogens is 1. The molecule has 1 aliphatic rings. The first-order valence-corrected chi connectivity index (χ1v) is 8.65. The lowest BCUT2D eigenvalue weighted by molar-refractivity contribution is 0.0565. The summed E-state index contributed by atoms with van der Waals surface area (Å²) in [5.41, 5.74) is 1.99. The van der Waals surface area contributed by atoms with Crippen molar-refractivity contribution in [3.8, 4) is 0 Å². The van der Waals surface area contributed by atoms with E-state index in [0.717, 1.165) is 42.1 Å². The molecule has 1 aromatic carbocycles. The van der Waals surface area contributed by atoms with E-state index in [1.807, 2.05) is 30.3 Å².